The highest BCUT2D eigenvalue weighted by Gasteiger charge is 2.58. The molecular formula is C18H28N2O2. The largest absolute Gasteiger partial charge is 0.480 e. The molecule has 2 bridgehead atoms. The van der Waals surface area contributed by atoms with Crippen molar-refractivity contribution in [2.24, 2.45) is 17.8 Å². The van der Waals surface area contributed by atoms with Crippen molar-refractivity contribution in [3.63, 3.8) is 0 Å². The lowest BCUT2D eigenvalue weighted by Gasteiger charge is -2.64. The maximum atomic E-state index is 11.0. The average Bonchev–Trinajstić information content (AvgIpc) is 2.47. The zero-order valence-electron chi connectivity index (χ0n) is 13.6. The van der Waals surface area contributed by atoms with Crippen LogP contribution in [0.25, 0.3) is 0 Å². The Morgan fingerprint density at radius 3 is 3.05 bits per heavy atom. The first kappa shape index (κ1) is 14.6. The van der Waals surface area contributed by atoms with Crippen LogP contribution in [0.15, 0.2) is 11.3 Å². The molecule has 0 aromatic carbocycles. The topological polar surface area (TPSA) is 52.6 Å². The third kappa shape index (κ3) is 2.03. The van der Waals surface area contributed by atoms with Crippen LogP contribution in [0.5, 0.6) is 0 Å². The fraction of sp³-hybridized carbons (Fsp3) is 0.833. The van der Waals surface area contributed by atoms with Gasteiger partial charge in [0, 0.05) is 11.2 Å². The maximum absolute atomic E-state index is 11.0. The van der Waals surface area contributed by atoms with Crippen LogP contribution < -0.4 is 5.32 Å². The van der Waals surface area contributed by atoms with Gasteiger partial charge in [-0.05, 0) is 81.4 Å². The summed E-state index contributed by atoms with van der Waals surface area (Å²) in [6, 6.07) is 0. The van der Waals surface area contributed by atoms with Gasteiger partial charge in [0.25, 0.3) is 0 Å². The Morgan fingerprint density at radius 2 is 2.23 bits per heavy atom. The van der Waals surface area contributed by atoms with Crippen molar-refractivity contribution < 1.29 is 9.90 Å². The van der Waals surface area contributed by atoms with E-state index in [1.54, 1.807) is 5.57 Å². The van der Waals surface area contributed by atoms with Crippen LogP contribution in [0.4, 0.5) is 0 Å². The van der Waals surface area contributed by atoms with E-state index in [0.717, 1.165) is 24.2 Å². The highest BCUT2D eigenvalue weighted by molar-refractivity contribution is 5.69. The molecule has 122 valence electrons. The summed E-state index contributed by atoms with van der Waals surface area (Å²) in [4.78, 5) is 13.8. The minimum atomic E-state index is -0.748. The minimum Gasteiger partial charge on any atom is -0.480 e. The SMILES string of the molecule is C[C@H]1C[C@H]2CC(NCC(=O)O)=C3CCCN4CCC[C@H]2[C@]34C1. The van der Waals surface area contributed by atoms with Crippen LogP contribution in [0.1, 0.15) is 51.9 Å². The van der Waals surface area contributed by atoms with Crippen molar-refractivity contribution in [1.29, 1.82) is 0 Å². The molecular weight excluding hydrogens is 276 g/mol. The second-order valence-electron chi connectivity index (χ2n) is 7.98. The molecule has 1 spiro atoms. The molecule has 4 aliphatic rings. The van der Waals surface area contributed by atoms with Gasteiger partial charge >= 0.3 is 5.97 Å². The van der Waals surface area contributed by atoms with Gasteiger partial charge in [-0.3, -0.25) is 9.69 Å². The van der Waals surface area contributed by atoms with E-state index in [2.05, 4.69) is 17.1 Å². The molecule has 4 rings (SSSR count). The molecule has 1 saturated carbocycles. The second kappa shape index (κ2) is 5.26. The molecule has 0 aromatic rings. The number of carboxylic acids is 1. The molecule has 4 nitrogen and oxygen atoms in total. The quantitative estimate of drug-likeness (QED) is 0.841. The zero-order valence-corrected chi connectivity index (χ0v) is 13.6. The number of rotatable bonds is 3. The third-order valence-corrected chi connectivity index (χ3v) is 6.72. The lowest BCUT2D eigenvalue weighted by Crippen LogP contribution is -2.67. The van der Waals surface area contributed by atoms with Crippen molar-refractivity contribution in [3.8, 4) is 0 Å². The van der Waals surface area contributed by atoms with Crippen LogP contribution in [-0.2, 0) is 4.79 Å². The van der Waals surface area contributed by atoms with Crippen LogP contribution >= 0.6 is 0 Å². The van der Waals surface area contributed by atoms with Crippen molar-refractivity contribution in [1.82, 2.24) is 10.2 Å². The number of aliphatic carboxylic acids is 1. The summed E-state index contributed by atoms with van der Waals surface area (Å²) >= 11 is 0. The van der Waals surface area contributed by atoms with Gasteiger partial charge in [-0.25, -0.2) is 0 Å². The van der Waals surface area contributed by atoms with E-state index >= 15 is 0 Å². The van der Waals surface area contributed by atoms with E-state index in [-0.39, 0.29) is 12.1 Å². The van der Waals surface area contributed by atoms with Gasteiger partial charge < -0.3 is 10.4 Å². The van der Waals surface area contributed by atoms with Crippen molar-refractivity contribution in [3.05, 3.63) is 11.3 Å². The molecule has 4 atom stereocenters. The standard InChI is InChI=1S/C18H28N2O2/c1-12-8-13-9-16(19-11-17(21)22)15-5-3-7-20-6-2-4-14(13)18(15,20)10-12/h12-14,19H,2-11H2,1H3,(H,21,22)/t12-,13-,14+,18+/m0/s1. The summed E-state index contributed by atoms with van der Waals surface area (Å²) in [5.41, 5.74) is 3.16. The van der Waals surface area contributed by atoms with E-state index in [9.17, 15) is 4.79 Å². The molecule has 2 aliphatic carbocycles. The predicted molar refractivity (Wildman–Crippen MR) is 85.4 cm³/mol. The van der Waals surface area contributed by atoms with Crippen LogP contribution in [-0.4, -0.2) is 41.1 Å². The van der Waals surface area contributed by atoms with Crippen molar-refractivity contribution in [2.75, 3.05) is 19.6 Å². The normalized spacial score (nSPS) is 41.0. The van der Waals surface area contributed by atoms with Crippen LogP contribution in [0.3, 0.4) is 0 Å². The number of nitrogens with zero attached hydrogens (tertiary/aromatic N) is 1. The molecule has 0 amide bonds. The van der Waals surface area contributed by atoms with Gasteiger partial charge in [-0.2, -0.15) is 0 Å². The number of hydrogen-bond acceptors (Lipinski definition) is 3. The van der Waals surface area contributed by atoms with Gasteiger partial charge in [-0.15, -0.1) is 0 Å². The van der Waals surface area contributed by atoms with Gasteiger partial charge in [0.1, 0.15) is 6.54 Å². The Morgan fingerprint density at radius 1 is 1.41 bits per heavy atom. The highest BCUT2D eigenvalue weighted by Crippen LogP contribution is 2.59. The summed E-state index contributed by atoms with van der Waals surface area (Å²) in [7, 11) is 0. The Bertz CT molecular complexity index is 513. The third-order valence-electron chi connectivity index (χ3n) is 6.72. The van der Waals surface area contributed by atoms with Gasteiger partial charge in [0.05, 0.1) is 0 Å². The first-order valence-electron chi connectivity index (χ1n) is 9.04. The number of hydrogen-bond donors (Lipinski definition) is 2. The first-order valence-corrected chi connectivity index (χ1v) is 9.04. The van der Waals surface area contributed by atoms with E-state index in [4.69, 9.17) is 5.11 Å². The molecule has 2 saturated heterocycles. The number of allylic oxidation sites excluding steroid dienone is 1. The Kier molecular flexibility index (Phi) is 3.48. The highest BCUT2D eigenvalue weighted by atomic mass is 16.4. The van der Waals surface area contributed by atoms with E-state index < -0.39 is 5.97 Å². The van der Waals surface area contributed by atoms with E-state index in [1.165, 1.54) is 57.3 Å². The summed E-state index contributed by atoms with van der Waals surface area (Å²) in [6.07, 6.45) is 8.85. The minimum absolute atomic E-state index is 0.0713. The Labute approximate surface area is 132 Å². The number of nitrogens with one attached hydrogen (secondary N) is 1. The zero-order chi connectivity index (χ0) is 15.3. The smallest absolute Gasteiger partial charge is 0.322 e. The van der Waals surface area contributed by atoms with Gasteiger partial charge in [-0.1, -0.05) is 6.92 Å². The van der Waals surface area contributed by atoms with Crippen molar-refractivity contribution >= 4 is 5.97 Å². The molecule has 2 heterocycles. The Balaban J connectivity index is 1.77. The molecule has 2 aliphatic heterocycles. The summed E-state index contributed by atoms with van der Waals surface area (Å²) in [5.74, 6) is 1.63. The molecule has 0 radical (unpaired) electrons. The predicted octanol–water partition coefficient (Wildman–Crippen LogP) is 2.61. The van der Waals surface area contributed by atoms with Crippen LogP contribution in [0.2, 0.25) is 0 Å². The maximum Gasteiger partial charge on any atom is 0.322 e. The van der Waals surface area contributed by atoms with E-state index in [1.807, 2.05) is 0 Å². The fourth-order valence-corrected chi connectivity index (χ4v) is 6.27. The fourth-order valence-electron chi connectivity index (χ4n) is 6.27. The first-order chi connectivity index (χ1) is 10.6. The monoisotopic (exact) mass is 304 g/mol. The lowest BCUT2D eigenvalue weighted by atomic mass is 9.52. The van der Waals surface area contributed by atoms with Crippen LogP contribution in [0, 0.1) is 17.8 Å². The summed E-state index contributed by atoms with van der Waals surface area (Å²) in [5, 5.41) is 12.4. The number of carboxylic acid groups (broad SMARTS) is 1. The molecule has 22 heavy (non-hydrogen) atoms. The molecule has 0 aromatic heterocycles. The summed E-state index contributed by atoms with van der Waals surface area (Å²) in [6.45, 7) is 4.98. The summed E-state index contributed by atoms with van der Waals surface area (Å²) < 4.78 is 0. The number of carbonyl (C=O) groups is 1. The van der Waals surface area contributed by atoms with E-state index in [0.29, 0.717) is 0 Å². The van der Waals surface area contributed by atoms with Crippen molar-refractivity contribution in [2.45, 2.75) is 57.4 Å². The molecule has 3 fully saturated rings. The lowest BCUT2D eigenvalue weighted by molar-refractivity contribution is -0.135. The average molecular weight is 304 g/mol. The number of piperidine rings is 2. The van der Waals surface area contributed by atoms with Gasteiger partial charge in [0.2, 0.25) is 0 Å². The molecule has 4 heteroatoms. The second-order valence-corrected chi connectivity index (χ2v) is 7.98. The Hall–Kier alpha value is -1.03. The van der Waals surface area contributed by atoms with Gasteiger partial charge in [0.15, 0.2) is 0 Å². The molecule has 2 N–H and O–H groups in total. The molecule has 0 unspecified atom stereocenters.